The largest absolute Gasteiger partial charge is 0.497 e. The molecule has 1 fully saturated rings. The maximum Gasteiger partial charge on any atom is 0.242 e. The highest BCUT2D eigenvalue weighted by Crippen LogP contribution is 2.38. The number of rotatable bonds is 7. The molecule has 1 aliphatic rings. The molecule has 2 aromatic carbocycles. The van der Waals surface area contributed by atoms with Gasteiger partial charge in [0.2, 0.25) is 11.8 Å². The van der Waals surface area contributed by atoms with E-state index in [0.717, 1.165) is 24.0 Å². The summed E-state index contributed by atoms with van der Waals surface area (Å²) in [5, 5.41) is 2.75. The van der Waals surface area contributed by atoms with Crippen molar-refractivity contribution in [2.45, 2.75) is 25.3 Å². The highest BCUT2D eigenvalue weighted by molar-refractivity contribution is 5.86. The monoisotopic (exact) mass is 382 g/mol. The molecule has 148 valence electrons. The molecule has 1 aliphatic heterocycles. The van der Waals surface area contributed by atoms with Gasteiger partial charge in [-0.25, -0.2) is 0 Å². The zero-order valence-electron chi connectivity index (χ0n) is 16.3. The predicted octanol–water partition coefficient (Wildman–Crippen LogP) is 2.73. The lowest BCUT2D eigenvalue weighted by atomic mass is 10.0. The Hall–Kier alpha value is -3.02. The van der Waals surface area contributed by atoms with Gasteiger partial charge in [-0.1, -0.05) is 30.3 Å². The van der Waals surface area contributed by atoms with E-state index < -0.39 is 0 Å². The lowest BCUT2D eigenvalue weighted by Gasteiger charge is -2.26. The number of ether oxygens (including phenoxy) is 2. The second-order valence-electron chi connectivity index (χ2n) is 6.79. The van der Waals surface area contributed by atoms with Gasteiger partial charge >= 0.3 is 0 Å². The Morgan fingerprint density at radius 3 is 2.61 bits per heavy atom. The Kier molecular flexibility index (Phi) is 6.53. The van der Waals surface area contributed by atoms with E-state index in [4.69, 9.17) is 9.47 Å². The summed E-state index contributed by atoms with van der Waals surface area (Å²) in [6, 6.07) is 15.1. The van der Waals surface area contributed by atoms with E-state index >= 15 is 0 Å². The maximum absolute atomic E-state index is 12.8. The summed E-state index contributed by atoms with van der Waals surface area (Å²) >= 11 is 0. The zero-order chi connectivity index (χ0) is 19.9. The fourth-order valence-electron chi connectivity index (χ4n) is 3.60. The Labute approximate surface area is 165 Å². The molecule has 3 rings (SSSR count). The minimum Gasteiger partial charge on any atom is -0.497 e. The summed E-state index contributed by atoms with van der Waals surface area (Å²) in [5.74, 6) is 1.18. The Balaban J connectivity index is 1.62. The van der Waals surface area contributed by atoms with Crippen LogP contribution in [0.5, 0.6) is 11.5 Å². The van der Waals surface area contributed by atoms with Gasteiger partial charge in [-0.05, 0) is 30.5 Å². The van der Waals surface area contributed by atoms with Gasteiger partial charge in [0.05, 0.1) is 33.2 Å². The van der Waals surface area contributed by atoms with Crippen LogP contribution in [0.3, 0.4) is 0 Å². The topological polar surface area (TPSA) is 67.9 Å². The van der Waals surface area contributed by atoms with Crippen molar-refractivity contribution in [2.24, 2.45) is 0 Å². The van der Waals surface area contributed by atoms with Crippen LogP contribution in [0.25, 0.3) is 0 Å². The first-order valence-electron chi connectivity index (χ1n) is 9.44. The summed E-state index contributed by atoms with van der Waals surface area (Å²) < 4.78 is 10.8. The quantitative estimate of drug-likeness (QED) is 0.800. The molecule has 0 saturated carbocycles. The first-order chi connectivity index (χ1) is 13.6. The van der Waals surface area contributed by atoms with E-state index in [-0.39, 0.29) is 30.8 Å². The van der Waals surface area contributed by atoms with Gasteiger partial charge < -0.3 is 19.7 Å². The van der Waals surface area contributed by atoms with Crippen molar-refractivity contribution in [3.63, 3.8) is 0 Å². The van der Waals surface area contributed by atoms with Crippen molar-refractivity contribution in [2.75, 3.05) is 27.3 Å². The third-order valence-electron chi connectivity index (χ3n) is 5.02. The lowest BCUT2D eigenvalue weighted by Crippen LogP contribution is -2.40. The molecule has 0 radical (unpaired) electrons. The highest BCUT2D eigenvalue weighted by atomic mass is 16.5. The van der Waals surface area contributed by atoms with Crippen LogP contribution in [-0.4, -0.2) is 44.0 Å². The van der Waals surface area contributed by atoms with E-state index in [1.54, 1.807) is 14.2 Å². The van der Waals surface area contributed by atoms with Gasteiger partial charge in [-0.2, -0.15) is 0 Å². The average Bonchev–Trinajstić information content (AvgIpc) is 3.22. The number of hydrogen-bond donors (Lipinski definition) is 1. The molecule has 0 spiro atoms. The number of nitrogens with one attached hydrogen (secondary N) is 1. The second kappa shape index (κ2) is 9.26. The number of likely N-dealkylation sites (tertiary alicyclic amines) is 1. The van der Waals surface area contributed by atoms with Crippen LogP contribution in [-0.2, 0) is 16.0 Å². The number of carbonyl (C=O) groups excluding carboxylic acids is 2. The molecule has 1 saturated heterocycles. The molecule has 1 heterocycles. The van der Waals surface area contributed by atoms with Gasteiger partial charge in [0.1, 0.15) is 11.5 Å². The minimum atomic E-state index is -0.155. The Bertz CT molecular complexity index is 823. The summed E-state index contributed by atoms with van der Waals surface area (Å²) in [6.45, 7) is 0.674. The molecular weight excluding hydrogens is 356 g/mol. The SMILES string of the molecule is COc1ccc(C2CCCN2C(=O)CNC(=O)Cc2ccccc2)c(OC)c1. The Morgan fingerprint density at radius 1 is 1.11 bits per heavy atom. The number of methoxy groups -OCH3 is 2. The van der Waals surface area contributed by atoms with Crippen molar-refractivity contribution in [1.29, 1.82) is 0 Å². The molecule has 0 bridgehead atoms. The zero-order valence-corrected chi connectivity index (χ0v) is 16.3. The third kappa shape index (κ3) is 4.63. The molecule has 6 heteroatoms. The van der Waals surface area contributed by atoms with E-state index in [9.17, 15) is 9.59 Å². The molecule has 0 aliphatic carbocycles. The Morgan fingerprint density at radius 2 is 1.89 bits per heavy atom. The van der Waals surface area contributed by atoms with Gasteiger partial charge in [-0.15, -0.1) is 0 Å². The fourth-order valence-corrected chi connectivity index (χ4v) is 3.60. The predicted molar refractivity (Wildman–Crippen MR) is 106 cm³/mol. The third-order valence-corrected chi connectivity index (χ3v) is 5.02. The molecule has 6 nitrogen and oxygen atoms in total. The first kappa shape index (κ1) is 19.7. The number of nitrogens with zero attached hydrogens (tertiary/aromatic N) is 1. The van der Waals surface area contributed by atoms with Crippen LogP contribution in [0, 0.1) is 0 Å². The van der Waals surface area contributed by atoms with E-state index in [0.29, 0.717) is 18.0 Å². The second-order valence-corrected chi connectivity index (χ2v) is 6.79. The molecule has 0 aromatic heterocycles. The number of carbonyl (C=O) groups is 2. The lowest BCUT2D eigenvalue weighted by molar-refractivity contribution is -0.133. The van der Waals surface area contributed by atoms with E-state index in [1.165, 1.54) is 0 Å². The molecule has 1 unspecified atom stereocenters. The van der Waals surface area contributed by atoms with Crippen LogP contribution in [0.2, 0.25) is 0 Å². The average molecular weight is 382 g/mol. The minimum absolute atomic E-state index is 0.000632. The van der Waals surface area contributed by atoms with Crippen molar-refractivity contribution < 1.29 is 19.1 Å². The summed E-state index contributed by atoms with van der Waals surface area (Å²) in [7, 11) is 3.22. The molecule has 2 aromatic rings. The van der Waals surface area contributed by atoms with Crippen molar-refractivity contribution in [3.05, 3.63) is 59.7 Å². The van der Waals surface area contributed by atoms with Crippen LogP contribution < -0.4 is 14.8 Å². The summed E-state index contributed by atoms with van der Waals surface area (Å²) in [6.07, 6.45) is 2.06. The number of amides is 2. The van der Waals surface area contributed by atoms with Crippen LogP contribution >= 0.6 is 0 Å². The normalized spacial score (nSPS) is 15.9. The smallest absolute Gasteiger partial charge is 0.242 e. The van der Waals surface area contributed by atoms with Gasteiger partial charge in [0, 0.05) is 18.2 Å². The van der Waals surface area contributed by atoms with E-state index in [2.05, 4.69) is 5.32 Å². The number of hydrogen-bond acceptors (Lipinski definition) is 4. The van der Waals surface area contributed by atoms with E-state index in [1.807, 2.05) is 53.4 Å². The molecule has 1 N–H and O–H groups in total. The van der Waals surface area contributed by atoms with Gasteiger partial charge in [-0.3, -0.25) is 9.59 Å². The van der Waals surface area contributed by atoms with Gasteiger partial charge in [0.15, 0.2) is 0 Å². The fraction of sp³-hybridized carbons (Fsp3) is 0.364. The van der Waals surface area contributed by atoms with Crippen molar-refractivity contribution in [1.82, 2.24) is 10.2 Å². The standard InChI is InChI=1S/C22H26N2O4/c1-27-17-10-11-18(20(14-17)28-2)19-9-6-12-24(19)22(26)15-23-21(25)13-16-7-4-3-5-8-16/h3-5,7-8,10-11,14,19H,6,9,12-13,15H2,1-2H3,(H,23,25). The molecule has 1 atom stereocenters. The molecule has 28 heavy (non-hydrogen) atoms. The molecule has 2 amide bonds. The highest BCUT2D eigenvalue weighted by Gasteiger charge is 2.31. The maximum atomic E-state index is 12.8. The number of benzene rings is 2. The van der Waals surface area contributed by atoms with Crippen LogP contribution in [0.4, 0.5) is 0 Å². The molecular formula is C22H26N2O4. The van der Waals surface area contributed by atoms with Crippen LogP contribution in [0.15, 0.2) is 48.5 Å². The van der Waals surface area contributed by atoms with Crippen LogP contribution in [0.1, 0.15) is 30.0 Å². The summed E-state index contributed by atoms with van der Waals surface area (Å²) in [5.41, 5.74) is 1.89. The first-order valence-corrected chi connectivity index (χ1v) is 9.44. The van der Waals surface area contributed by atoms with Gasteiger partial charge in [0.25, 0.3) is 0 Å². The summed E-state index contributed by atoms with van der Waals surface area (Å²) in [4.78, 5) is 26.7. The van der Waals surface area contributed by atoms with Crippen molar-refractivity contribution >= 4 is 11.8 Å². The van der Waals surface area contributed by atoms with Crippen molar-refractivity contribution in [3.8, 4) is 11.5 Å².